The fourth-order valence-electron chi connectivity index (χ4n) is 4.59. The summed E-state index contributed by atoms with van der Waals surface area (Å²) in [5.41, 5.74) is 1.42. The summed E-state index contributed by atoms with van der Waals surface area (Å²) in [6, 6.07) is 7.28. The van der Waals surface area contributed by atoms with Gasteiger partial charge in [-0.1, -0.05) is 92.5 Å². The van der Waals surface area contributed by atoms with Gasteiger partial charge in [0.05, 0.1) is 26.4 Å². The van der Waals surface area contributed by atoms with Crippen LogP contribution in [0.15, 0.2) is 48.6 Å². The molecule has 0 heterocycles. The van der Waals surface area contributed by atoms with Crippen LogP contribution in [0.5, 0.6) is 34.5 Å². The van der Waals surface area contributed by atoms with E-state index in [-0.39, 0.29) is 22.6 Å². The lowest BCUT2D eigenvalue weighted by Gasteiger charge is -2.32. The van der Waals surface area contributed by atoms with Gasteiger partial charge in [0.2, 0.25) is 11.5 Å². The van der Waals surface area contributed by atoms with E-state index in [1.165, 1.54) is 0 Å². The van der Waals surface area contributed by atoms with E-state index >= 15 is 0 Å². The van der Waals surface area contributed by atoms with Gasteiger partial charge in [-0.05, 0) is 51.7 Å². The number of ether oxygens (including phenoxy) is 6. The third kappa shape index (κ3) is 11.1. The van der Waals surface area contributed by atoms with Gasteiger partial charge in [-0.3, -0.25) is 0 Å². The zero-order valence-electron chi connectivity index (χ0n) is 30.0. The maximum atomic E-state index is 12.6. The first kappa shape index (κ1) is 39.2. The second-order valence-electron chi connectivity index (χ2n) is 12.3. The number of unbranched alkanes of at least 4 members (excludes halogenated alkanes) is 4. The number of benzene rings is 2. The summed E-state index contributed by atoms with van der Waals surface area (Å²) in [5, 5.41) is 0. The Balaban J connectivity index is 2.90. The number of carbonyl (C=O) groups excluding carboxylic acids is 2. The van der Waals surface area contributed by atoms with Crippen LogP contribution in [0, 0.1) is 0 Å². The van der Waals surface area contributed by atoms with Gasteiger partial charge < -0.3 is 28.4 Å². The molecule has 8 nitrogen and oxygen atoms in total. The van der Waals surface area contributed by atoms with Crippen LogP contribution in [-0.4, -0.2) is 38.4 Å². The van der Waals surface area contributed by atoms with E-state index in [0.717, 1.165) is 62.5 Å². The second kappa shape index (κ2) is 19.7. The standard InChI is InChI=1S/C39H56O8/c1-11-15-23-42-33-29(19-21-31(46-37(40)27(5)6)35(33)44-25-17-13-3)39(9,10)30-20-22-32(47-38(41)28(7)8)36(45-26-18-14-4)34(30)43-24-16-12-2/h19-22H,5,7,11-18,23-26H2,1-4,6,8-10H3. The Morgan fingerprint density at radius 3 is 1.13 bits per heavy atom. The average Bonchev–Trinajstić information content (AvgIpc) is 3.03. The summed E-state index contributed by atoms with van der Waals surface area (Å²) in [5.74, 6) is 1.18. The van der Waals surface area contributed by atoms with Crippen LogP contribution >= 0.6 is 0 Å². The van der Waals surface area contributed by atoms with E-state index in [1.807, 2.05) is 12.1 Å². The van der Waals surface area contributed by atoms with Crippen LogP contribution in [0.4, 0.5) is 0 Å². The fraction of sp³-hybridized carbons (Fsp3) is 0.538. The highest BCUT2D eigenvalue weighted by molar-refractivity contribution is 5.90. The summed E-state index contributed by atoms with van der Waals surface area (Å²) in [6.07, 6.45) is 7.02. The van der Waals surface area contributed by atoms with Crippen molar-refractivity contribution in [3.8, 4) is 34.5 Å². The molecule has 0 aliphatic rings. The highest BCUT2D eigenvalue weighted by atomic mass is 16.6. The van der Waals surface area contributed by atoms with Gasteiger partial charge in [0, 0.05) is 27.7 Å². The first-order valence-electron chi connectivity index (χ1n) is 17.1. The molecular weight excluding hydrogens is 596 g/mol. The molecule has 0 amide bonds. The zero-order valence-corrected chi connectivity index (χ0v) is 30.0. The van der Waals surface area contributed by atoms with Crippen molar-refractivity contribution < 1.29 is 38.0 Å². The highest BCUT2D eigenvalue weighted by Crippen LogP contribution is 2.52. The molecule has 0 unspecified atom stereocenters. The third-order valence-electron chi connectivity index (χ3n) is 7.58. The molecule has 0 atom stereocenters. The molecule has 2 aromatic carbocycles. The highest BCUT2D eigenvalue weighted by Gasteiger charge is 2.36. The molecule has 260 valence electrons. The fourth-order valence-corrected chi connectivity index (χ4v) is 4.59. The smallest absolute Gasteiger partial charge is 0.338 e. The van der Waals surface area contributed by atoms with Crippen molar-refractivity contribution >= 4 is 11.9 Å². The first-order valence-corrected chi connectivity index (χ1v) is 17.1. The predicted octanol–water partition coefficient (Wildman–Crippen LogP) is 9.69. The molecule has 47 heavy (non-hydrogen) atoms. The number of hydrogen-bond acceptors (Lipinski definition) is 8. The number of hydrogen-bond donors (Lipinski definition) is 0. The first-order chi connectivity index (χ1) is 22.4. The number of rotatable bonds is 22. The lowest BCUT2D eigenvalue weighted by molar-refractivity contribution is -0.131. The predicted molar refractivity (Wildman–Crippen MR) is 188 cm³/mol. The molecule has 2 rings (SSSR count). The lowest BCUT2D eigenvalue weighted by atomic mass is 9.76. The average molecular weight is 653 g/mol. The monoisotopic (exact) mass is 652 g/mol. The molecule has 0 spiro atoms. The van der Waals surface area contributed by atoms with Gasteiger partial charge in [-0.15, -0.1) is 0 Å². The van der Waals surface area contributed by atoms with Crippen molar-refractivity contribution in [2.24, 2.45) is 0 Å². The SMILES string of the molecule is C=C(C)C(=O)Oc1ccc(C(C)(C)c2ccc(OC(=O)C(=C)C)c(OCCCC)c2OCCCC)c(OCCCC)c1OCCCC. The van der Waals surface area contributed by atoms with Crippen molar-refractivity contribution in [3.63, 3.8) is 0 Å². The summed E-state index contributed by atoms with van der Waals surface area (Å²) < 4.78 is 37.1. The Morgan fingerprint density at radius 1 is 0.553 bits per heavy atom. The topological polar surface area (TPSA) is 89.5 Å². The van der Waals surface area contributed by atoms with Crippen LogP contribution in [-0.2, 0) is 15.0 Å². The molecule has 0 aromatic heterocycles. The zero-order chi connectivity index (χ0) is 35.0. The quantitative estimate of drug-likeness (QED) is 0.0538. The maximum Gasteiger partial charge on any atom is 0.338 e. The molecule has 0 bridgehead atoms. The summed E-state index contributed by atoms with van der Waals surface area (Å²) in [7, 11) is 0. The van der Waals surface area contributed by atoms with Gasteiger partial charge in [0.1, 0.15) is 0 Å². The van der Waals surface area contributed by atoms with E-state index in [4.69, 9.17) is 28.4 Å². The lowest BCUT2D eigenvalue weighted by Crippen LogP contribution is -2.23. The minimum atomic E-state index is -0.747. The van der Waals surface area contributed by atoms with Gasteiger partial charge in [-0.25, -0.2) is 9.59 Å². The van der Waals surface area contributed by atoms with Gasteiger partial charge in [0.25, 0.3) is 0 Å². The Labute approximate surface area is 282 Å². The van der Waals surface area contributed by atoms with Crippen molar-refractivity contribution in [3.05, 3.63) is 59.7 Å². The molecule has 2 aromatic rings. The van der Waals surface area contributed by atoms with E-state index < -0.39 is 17.4 Å². The minimum absolute atomic E-state index is 0.269. The van der Waals surface area contributed by atoms with Crippen molar-refractivity contribution in [2.45, 2.75) is 112 Å². The molecule has 0 saturated carbocycles. The maximum absolute atomic E-state index is 12.6. The Bertz CT molecular complexity index is 1260. The van der Waals surface area contributed by atoms with Crippen LogP contribution in [0.3, 0.4) is 0 Å². The Morgan fingerprint density at radius 2 is 0.851 bits per heavy atom. The van der Waals surface area contributed by atoms with Crippen LogP contribution in [0.2, 0.25) is 0 Å². The molecular formula is C39H56O8. The number of carbonyl (C=O) groups is 2. The van der Waals surface area contributed by atoms with Crippen LogP contribution in [0.1, 0.15) is 118 Å². The van der Waals surface area contributed by atoms with Crippen molar-refractivity contribution in [1.82, 2.24) is 0 Å². The van der Waals surface area contributed by atoms with Crippen LogP contribution < -0.4 is 28.4 Å². The summed E-state index contributed by atoms with van der Waals surface area (Å²) in [6.45, 7) is 24.9. The number of esters is 2. The summed E-state index contributed by atoms with van der Waals surface area (Å²) >= 11 is 0. The van der Waals surface area contributed by atoms with Crippen LogP contribution in [0.25, 0.3) is 0 Å². The Hall–Kier alpha value is -3.94. The minimum Gasteiger partial charge on any atom is -0.489 e. The molecule has 0 N–H and O–H groups in total. The van der Waals surface area contributed by atoms with E-state index in [9.17, 15) is 9.59 Å². The molecule has 8 heteroatoms. The molecule has 0 radical (unpaired) electrons. The Kier molecular flexibility index (Phi) is 16.4. The third-order valence-corrected chi connectivity index (χ3v) is 7.58. The molecule has 0 saturated heterocycles. The summed E-state index contributed by atoms with van der Waals surface area (Å²) in [4.78, 5) is 25.3. The van der Waals surface area contributed by atoms with Gasteiger partial charge in [-0.2, -0.15) is 0 Å². The van der Waals surface area contributed by atoms with E-state index in [0.29, 0.717) is 49.4 Å². The van der Waals surface area contributed by atoms with Gasteiger partial charge in [0.15, 0.2) is 23.0 Å². The van der Waals surface area contributed by atoms with E-state index in [2.05, 4.69) is 54.7 Å². The molecule has 0 aliphatic carbocycles. The largest absolute Gasteiger partial charge is 0.489 e. The van der Waals surface area contributed by atoms with Gasteiger partial charge >= 0.3 is 11.9 Å². The van der Waals surface area contributed by atoms with E-state index in [1.54, 1.807) is 26.0 Å². The van der Waals surface area contributed by atoms with Crippen molar-refractivity contribution in [2.75, 3.05) is 26.4 Å². The van der Waals surface area contributed by atoms with Crippen molar-refractivity contribution in [1.29, 1.82) is 0 Å². The second-order valence-corrected chi connectivity index (χ2v) is 12.3. The molecule has 0 aliphatic heterocycles. The normalized spacial score (nSPS) is 11.1. The molecule has 0 fully saturated rings.